The Morgan fingerprint density at radius 3 is 2.81 bits per heavy atom. The van der Waals surface area contributed by atoms with Crippen LogP contribution in [-0.4, -0.2) is 11.0 Å². The van der Waals surface area contributed by atoms with Crippen LogP contribution in [0.3, 0.4) is 0 Å². The Morgan fingerprint density at radius 1 is 1.38 bits per heavy atom. The standard InChI is InChI=1S/C15H14BrFN2O2/c1-9-7-11(5-6-13(9)16)21-8-10-3-2-4-12(14(10)17)15(18)19-20/h2-7,20H,8H2,1H3,(H2,18,19). The third-order valence-corrected chi connectivity index (χ3v) is 3.88. The van der Waals surface area contributed by atoms with Gasteiger partial charge in [-0.1, -0.05) is 33.2 Å². The SMILES string of the molecule is Cc1cc(OCc2cccc(/C(N)=N/O)c2F)ccc1Br. The van der Waals surface area contributed by atoms with Gasteiger partial charge in [-0.2, -0.15) is 0 Å². The molecule has 0 spiro atoms. The van der Waals surface area contributed by atoms with E-state index in [1.807, 2.05) is 19.1 Å². The highest BCUT2D eigenvalue weighted by atomic mass is 79.9. The number of rotatable bonds is 4. The van der Waals surface area contributed by atoms with Crippen LogP contribution in [0.1, 0.15) is 16.7 Å². The van der Waals surface area contributed by atoms with E-state index in [9.17, 15) is 4.39 Å². The predicted molar refractivity (Wildman–Crippen MR) is 82.1 cm³/mol. The molecule has 0 aliphatic carbocycles. The molecule has 0 amide bonds. The highest BCUT2D eigenvalue weighted by Gasteiger charge is 2.12. The van der Waals surface area contributed by atoms with Gasteiger partial charge in [0.1, 0.15) is 18.2 Å². The number of nitrogens with zero attached hydrogens (tertiary/aromatic N) is 1. The Hall–Kier alpha value is -2.08. The lowest BCUT2D eigenvalue weighted by atomic mass is 10.1. The molecule has 0 aliphatic rings. The van der Waals surface area contributed by atoms with Crippen molar-refractivity contribution in [2.45, 2.75) is 13.5 Å². The van der Waals surface area contributed by atoms with Crippen molar-refractivity contribution < 1.29 is 14.3 Å². The zero-order chi connectivity index (χ0) is 15.4. The Balaban J connectivity index is 2.18. The minimum absolute atomic E-state index is 0.0468. The van der Waals surface area contributed by atoms with Gasteiger partial charge in [0.15, 0.2) is 5.84 Å². The summed E-state index contributed by atoms with van der Waals surface area (Å²) in [5.41, 5.74) is 6.83. The Morgan fingerprint density at radius 2 is 2.14 bits per heavy atom. The fourth-order valence-corrected chi connectivity index (χ4v) is 2.06. The van der Waals surface area contributed by atoms with Crippen LogP contribution >= 0.6 is 15.9 Å². The lowest BCUT2D eigenvalue weighted by molar-refractivity contribution is 0.299. The van der Waals surface area contributed by atoms with Crippen molar-refractivity contribution in [1.82, 2.24) is 0 Å². The molecule has 0 aromatic heterocycles. The van der Waals surface area contributed by atoms with Crippen molar-refractivity contribution in [3.63, 3.8) is 0 Å². The van der Waals surface area contributed by atoms with Crippen molar-refractivity contribution in [3.05, 3.63) is 63.4 Å². The van der Waals surface area contributed by atoms with Crippen molar-refractivity contribution in [3.8, 4) is 5.75 Å². The lowest BCUT2D eigenvalue weighted by Crippen LogP contribution is -2.16. The summed E-state index contributed by atoms with van der Waals surface area (Å²) in [6.07, 6.45) is 0. The minimum Gasteiger partial charge on any atom is -0.489 e. The highest BCUT2D eigenvalue weighted by molar-refractivity contribution is 9.10. The molecule has 2 aromatic rings. The van der Waals surface area contributed by atoms with E-state index in [0.717, 1.165) is 10.0 Å². The summed E-state index contributed by atoms with van der Waals surface area (Å²) in [5.74, 6) is -0.181. The number of aryl methyl sites for hydroxylation is 1. The molecule has 0 heterocycles. The summed E-state index contributed by atoms with van der Waals surface area (Å²) in [6.45, 7) is 2.00. The molecule has 0 unspecified atom stereocenters. The number of halogens is 2. The third kappa shape index (κ3) is 3.52. The van der Waals surface area contributed by atoms with Crippen LogP contribution < -0.4 is 10.5 Å². The number of benzene rings is 2. The van der Waals surface area contributed by atoms with Gasteiger partial charge in [0.05, 0.1) is 5.56 Å². The molecule has 0 radical (unpaired) electrons. The number of hydrogen-bond acceptors (Lipinski definition) is 3. The van der Waals surface area contributed by atoms with E-state index >= 15 is 0 Å². The summed E-state index contributed by atoms with van der Waals surface area (Å²) >= 11 is 3.40. The molecule has 0 bridgehead atoms. The molecule has 0 saturated heterocycles. The number of amidine groups is 1. The minimum atomic E-state index is -0.554. The molecule has 110 valence electrons. The maximum Gasteiger partial charge on any atom is 0.173 e. The van der Waals surface area contributed by atoms with Gasteiger partial charge in [0.2, 0.25) is 0 Å². The largest absolute Gasteiger partial charge is 0.489 e. The average molecular weight is 353 g/mol. The van der Waals surface area contributed by atoms with E-state index in [0.29, 0.717) is 11.3 Å². The Kier molecular flexibility index (Phi) is 4.80. The van der Waals surface area contributed by atoms with Crippen LogP contribution in [0.4, 0.5) is 4.39 Å². The van der Waals surface area contributed by atoms with Gasteiger partial charge in [-0.25, -0.2) is 4.39 Å². The van der Waals surface area contributed by atoms with Crippen molar-refractivity contribution >= 4 is 21.8 Å². The summed E-state index contributed by atoms with van der Waals surface area (Å²) in [7, 11) is 0. The van der Waals surface area contributed by atoms with Crippen LogP contribution in [0.5, 0.6) is 5.75 Å². The smallest absolute Gasteiger partial charge is 0.173 e. The number of oxime groups is 1. The molecule has 2 aromatic carbocycles. The number of ether oxygens (including phenoxy) is 1. The first-order chi connectivity index (χ1) is 10.0. The lowest BCUT2D eigenvalue weighted by Gasteiger charge is -2.10. The molecule has 2 rings (SSSR count). The Bertz CT molecular complexity index is 689. The fraction of sp³-hybridized carbons (Fsp3) is 0.133. The van der Waals surface area contributed by atoms with Gasteiger partial charge in [-0.05, 0) is 36.8 Å². The molecule has 0 fully saturated rings. The van der Waals surface area contributed by atoms with Crippen molar-refractivity contribution in [2.24, 2.45) is 10.9 Å². The van der Waals surface area contributed by atoms with E-state index < -0.39 is 5.82 Å². The Labute approximate surface area is 130 Å². The fourth-order valence-electron chi connectivity index (χ4n) is 1.81. The molecule has 0 saturated carbocycles. The van der Waals surface area contributed by atoms with E-state index in [4.69, 9.17) is 15.7 Å². The summed E-state index contributed by atoms with van der Waals surface area (Å²) in [5, 5.41) is 11.4. The zero-order valence-corrected chi connectivity index (χ0v) is 12.9. The van der Waals surface area contributed by atoms with Crippen molar-refractivity contribution in [1.29, 1.82) is 0 Å². The highest BCUT2D eigenvalue weighted by Crippen LogP contribution is 2.23. The predicted octanol–water partition coefficient (Wildman–Crippen LogP) is 3.57. The van der Waals surface area contributed by atoms with E-state index in [1.54, 1.807) is 18.2 Å². The van der Waals surface area contributed by atoms with Crippen LogP contribution in [0.2, 0.25) is 0 Å². The third-order valence-electron chi connectivity index (χ3n) is 2.99. The molecule has 0 atom stereocenters. The molecule has 6 heteroatoms. The zero-order valence-electron chi connectivity index (χ0n) is 11.3. The number of nitrogens with two attached hydrogens (primary N) is 1. The first-order valence-electron chi connectivity index (χ1n) is 6.17. The maximum atomic E-state index is 14.2. The summed E-state index contributed by atoms with van der Waals surface area (Å²) in [6, 6.07) is 10.2. The van der Waals surface area contributed by atoms with Gasteiger partial charge in [-0.3, -0.25) is 0 Å². The van der Waals surface area contributed by atoms with Crippen LogP contribution in [0.25, 0.3) is 0 Å². The molecular formula is C15H14BrFN2O2. The van der Waals surface area contributed by atoms with Gasteiger partial charge in [0, 0.05) is 10.0 Å². The molecular weight excluding hydrogens is 339 g/mol. The first kappa shape index (κ1) is 15.3. The number of hydrogen-bond donors (Lipinski definition) is 2. The average Bonchev–Trinajstić information content (AvgIpc) is 2.49. The second-order valence-electron chi connectivity index (χ2n) is 4.46. The molecule has 0 aliphatic heterocycles. The monoisotopic (exact) mass is 352 g/mol. The topological polar surface area (TPSA) is 67.8 Å². The second-order valence-corrected chi connectivity index (χ2v) is 5.32. The van der Waals surface area contributed by atoms with Crippen LogP contribution in [-0.2, 0) is 6.61 Å². The molecule has 21 heavy (non-hydrogen) atoms. The molecule has 3 N–H and O–H groups in total. The van der Waals surface area contributed by atoms with Gasteiger partial charge < -0.3 is 15.7 Å². The normalized spacial score (nSPS) is 11.5. The summed E-state index contributed by atoms with van der Waals surface area (Å²) < 4.78 is 20.8. The second kappa shape index (κ2) is 6.58. The van der Waals surface area contributed by atoms with E-state index in [2.05, 4.69) is 21.1 Å². The molecule has 4 nitrogen and oxygen atoms in total. The van der Waals surface area contributed by atoms with Gasteiger partial charge in [-0.15, -0.1) is 0 Å². The quantitative estimate of drug-likeness (QED) is 0.382. The van der Waals surface area contributed by atoms with E-state index in [-0.39, 0.29) is 18.0 Å². The van der Waals surface area contributed by atoms with Gasteiger partial charge in [0.25, 0.3) is 0 Å². The van der Waals surface area contributed by atoms with Crippen LogP contribution in [0.15, 0.2) is 46.0 Å². The van der Waals surface area contributed by atoms with Crippen molar-refractivity contribution in [2.75, 3.05) is 0 Å². The van der Waals surface area contributed by atoms with Gasteiger partial charge >= 0.3 is 0 Å². The van der Waals surface area contributed by atoms with E-state index in [1.165, 1.54) is 6.07 Å². The summed E-state index contributed by atoms with van der Waals surface area (Å²) in [4.78, 5) is 0. The maximum absolute atomic E-state index is 14.2. The van der Waals surface area contributed by atoms with Crippen LogP contribution in [0, 0.1) is 12.7 Å². The first-order valence-corrected chi connectivity index (χ1v) is 6.96.